The van der Waals surface area contributed by atoms with E-state index in [1.807, 2.05) is 29.4 Å². The minimum Gasteiger partial charge on any atom is -0.391 e. The topological polar surface area (TPSA) is 49.2 Å². The highest BCUT2D eigenvalue weighted by Crippen LogP contribution is 2.30. The van der Waals surface area contributed by atoms with Crippen LogP contribution in [0, 0.1) is 0 Å². The predicted molar refractivity (Wildman–Crippen MR) is 75.9 cm³/mol. The third-order valence-electron chi connectivity index (χ3n) is 2.94. The molecular weight excluding hydrogens is 314 g/mol. The number of anilines is 1. The van der Waals surface area contributed by atoms with Gasteiger partial charge in [0.1, 0.15) is 0 Å². The zero-order valence-electron chi connectivity index (χ0n) is 9.58. The van der Waals surface area contributed by atoms with Crippen LogP contribution < -0.4 is 4.90 Å². The molecule has 0 spiro atoms. The molecule has 1 saturated heterocycles. The van der Waals surface area contributed by atoms with Crippen molar-refractivity contribution in [2.75, 3.05) is 18.0 Å². The predicted octanol–water partition coefficient (Wildman–Crippen LogP) is 2.54. The van der Waals surface area contributed by atoms with E-state index < -0.39 is 0 Å². The fourth-order valence-corrected chi connectivity index (χ4v) is 3.37. The van der Waals surface area contributed by atoms with Crippen LogP contribution in [0.15, 0.2) is 28.3 Å². The lowest BCUT2D eigenvalue weighted by molar-refractivity contribution is 0.198. The van der Waals surface area contributed by atoms with Gasteiger partial charge in [0.2, 0.25) is 5.95 Å². The fraction of sp³-hybridized carbons (Fsp3) is 0.333. The average Bonchev–Trinajstić information content (AvgIpc) is 2.98. The lowest BCUT2D eigenvalue weighted by Crippen LogP contribution is -2.23. The Morgan fingerprint density at radius 2 is 2.11 bits per heavy atom. The first kappa shape index (κ1) is 12.1. The van der Waals surface area contributed by atoms with Gasteiger partial charge >= 0.3 is 0 Å². The number of β-amino-alcohol motifs (C(OH)–C–C–N with tert-alkyl or cyclic N) is 1. The van der Waals surface area contributed by atoms with Crippen LogP contribution in [0.25, 0.3) is 10.4 Å². The van der Waals surface area contributed by atoms with Crippen LogP contribution in [0.2, 0.25) is 0 Å². The quantitative estimate of drug-likeness (QED) is 0.921. The van der Waals surface area contributed by atoms with E-state index in [0.717, 1.165) is 27.2 Å². The molecule has 3 rings (SSSR count). The summed E-state index contributed by atoms with van der Waals surface area (Å²) in [6.07, 6.45) is 4.22. The van der Waals surface area contributed by atoms with Gasteiger partial charge in [0.15, 0.2) is 0 Å². The van der Waals surface area contributed by atoms with E-state index in [4.69, 9.17) is 0 Å². The molecule has 94 valence electrons. The lowest BCUT2D eigenvalue weighted by Gasteiger charge is -2.14. The van der Waals surface area contributed by atoms with Crippen LogP contribution in [0.1, 0.15) is 6.42 Å². The van der Waals surface area contributed by atoms with Crippen molar-refractivity contribution in [1.82, 2.24) is 9.97 Å². The number of aliphatic hydroxyl groups excluding tert-OH is 1. The second kappa shape index (κ2) is 4.95. The first-order chi connectivity index (χ1) is 8.72. The van der Waals surface area contributed by atoms with Crippen LogP contribution in [0.4, 0.5) is 5.95 Å². The maximum Gasteiger partial charge on any atom is 0.225 e. The normalized spacial score (nSPS) is 19.4. The van der Waals surface area contributed by atoms with Crippen molar-refractivity contribution >= 4 is 33.2 Å². The van der Waals surface area contributed by atoms with Crippen LogP contribution in [0.5, 0.6) is 0 Å². The molecular formula is C12H12BrN3OS. The smallest absolute Gasteiger partial charge is 0.225 e. The number of hydrogen-bond acceptors (Lipinski definition) is 5. The Hall–Kier alpha value is -0.980. The molecule has 1 fully saturated rings. The molecule has 1 aliphatic heterocycles. The summed E-state index contributed by atoms with van der Waals surface area (Å²) in [6, 6.07) is 4.07. The molecule has 0 aromatic carbocycles. The van der Waals surface area contributed by atoms with Crippen molar-refractivity contribution < 1.29 is 5.11 Å². The molecule has 1 aliphatic rings. The lowest BCUT2D eigenvalue weighted by atomic mass is 10.3. The maximum atomic E-state index is 9.50. The molecule has 3 heterocycles. The third kappa shape index (κ3) is 2.41. The standard InChI is InChI=1S/C12H12BrN3OS/c13-11-2-1-10(18-11)8-5-14-12(15-6-8)16-4-3-9(17)7-16/h1-2,5-6,9,17H,3-4,7H2. The molecule has 1 unspecified atom stereocenters. The molecule has 0 saturated carbocycles. The molecule has 2 aromatic heterocycles. The SMILES string of the molecule is OC1CCN(c2ncc(-c3ccc(Br)s3)cn2)C1. The Labute approximate surface area is 117 Å². The van der Waals surface area contributed by atoms with Crippen LogP contribution >= 0.6 is 27.3 Å². The summed E-state index contributed by atoms with van der Waals surface area (Å²) < 4.78 is 1.10. The van der Waals surface area contributed by atoms with Gasteiger partial charge < -0.3 is 10.0 Å². The highest BCUT2D eigenvalue weighted by molar-refractivity contribution is 9.11. The summed E-state index contributed by atoms with van der Waals surface area (Å²) in [4.78, 5) is 11.9. The molecule has 0 bridgehead atoms. The van der Waals surface area contributed by atoms with Crippen molar-refractivity contribution in [3.05, 3.63) is 28.3 Å². The van der Waals surface area contributed by atoms with Gasteiger partial charge in [-0.25, -0.2) is 9.97 Å². The molecule has 6 heteroatoms. The van der Waals surface area contributed by atoms with Gasteiger partial charge in [0, 0.05) is 35.9 Å². The number of rotatable bonds is 2. The summed E-state index contributed by atoms with van der Waals surface area (Å²) in [7, 11) is 0. The number of nitrogens with zero attached hydrogens (tertiary/aromatic N) is 3. The maximum absolute atomic E-state index is 9.50. The van der Waals surface area contributed by atoms with E-state index in [1.165, 1.54) is 0 Å². The molecule has 1 atom stereocenters. The number of aromatic nitrogens is 2. The zero-order valence-corrected chi connectivity index (χ0v) is 12.0. The molecule has 18 heavy (non-hydrogen) atoms. The van der Waals surface area contributed by atoms with E-state index in [0.29, 0.717) is 12.5 Å². The Kier molecular flexibility index (Phi) is 3.32. The Bertz CT molecular complexity index is 543. The summed E-state index contributed by atoms with van der Waals surface area (Å²) in [5.74, 6) is 0.700. The van der Waals surface area contributed by atoms with Crippen molar-refractivity contribution in [2.45, 2.75) is 12.5 Å². The first-order valence-electron chi connectivity index (χ1n) is 5.73. The van der Waals surface area contributed by atoms with Gasteiger partial charge in [-0.1, -0.05) is 0 Å². The molecule has 4 nitrogen and oxygen atoms in total. The number of aliphatic hydroxyl groups is 1. The van der Waals surface area contributed by atoms with E-state index >= 15 is 0 Å². The number of halogens is 1. The van der Waals surface area contributed by atoms with Gasteiger partial charge in [0.25, 0.3) is 0 Å². The summed E-state index contributed by atoms with van der Waals surface area (Å²) in [5, 5.41) is 9.50. The first-order valence-corrected chi connectivity index (χ1v) is 7.34. The van der Waals surface area contributed by atoms with E-state index in [2.05, 4.69) is 25.9 Å². The summed E-state index contributed by atoms with van der Waals surface area (Å²) >= 11 is 5.11. The Morgan fingerprint density at radius 3 is 2.67 bits per heavy atom. The minimum absolute atomic E-state index is 0.249. The third-order valence-corrected chi connectivity index (χ3v) is 4.61. The van der Waals surface area contributed by atoms with Gasteiger partial charge in [-0.3, -0.25) is 0 Å². The second-order valence-electron chi connectivity index (χ2n) is 4.26. The second-order valence-corrected chi connectivity index (χ2v) is 6.73. The zero-order chi connectivity index (χ0) is 12.5. The van der Waals surface area contributed by atoms with Crippen LogP contribution in [-0.4, -0.2) is 34.3 Å². The van der Waals surface area contributed by atoms with E-state index in [9.17, 15) is 5.11 Å². The van der Waals surface area contributed by atoms with Crippen molar-refractivity contribution in [2.24, 2.45) is 0 Å². The van der Waals surface area contributed by atoms with Gasteiger partial charge in [-0.15, -0.1) is 11.3 Å². The highest BCUT2D eigenvalue weighted by atomic mass is 79.9. The average molecular weight is 326 g/mol. The highest BCUT2D eigenvalue weighted by Gasteiger charge is 2.22. The molecule has 1 N–H and O–H groups in total. The van der Waals surface area contributed by atoms with Crippen molar-refractivity contribution in [3.8, 4) is 10.4 Å². The van der Waals surface area contributed by atoms with Crippen molar-refractivity contribution in [1.29, 1.82) is 0 Å². The fourth-order valence-electron chi connectivity index (χ4n) is 2.00. The number of hydrogen-bond donors (Lipinski definition) is 1. The summed E-state index contributed by atoms with van der Waals surface area (Å²) in [6.45, 7) is 1.45. The van der Waals surface area contributed by atoms with Gasteiger partial charge in [-0.2, -0.15) is 0 Å². The molecule has 0 amide bonds. The van der Waals surface area contributed by atoms with E-state index in [1.54, 1.807) is 11.3 Å². The summed E-state index contributed by atoms with van der Waals surface area (Å²) in [5.41, 5.74) is 1.02. The Balaban J connectivity index is 1.81. The van der Waals surface area contributed by atoms with E-state index in [-0.39, 0.29) is 6.10 Å². The Morgan fingerprint density at radius 1 is 1.33 bits per heavy atom. The van der Waals surface area contributed by atoms with Gasteiger partial charge in [-0.05, 0) is 34.5 Å². The monoisotopic (exact) mass is 325 g/mol. The van der Waals surface area contributed by atoms with Crippen LogP contribution in [-0.2, 0) is 0 Å². The molecule has 0 aliphatic carbocycles. The molecule has 0 radical (unpaired) electrons. The minimum atomic E-state index is -0.249. The van der Waals surface area contributed by atoms with Gasteiger partial charge in [0.05, 0.1) is 9.89 Å². The number of thiophene rings is 1. The molecule has 2 aromatic rings. The largest absolute Gasteiger partial charge is 0.391 e. The van der Waals surface area contributed by atoms with Crippen molar-refractivity contribution in [3.63, 3.8) is 0 Å². The van der Waals surface area contributed by atoms with Crippen LogP contribution in [0.3, 0.4) is 0 Å².